The smallest absolute Gasteiger partial charge is 0.408 e. The normalized spacial score (nSPS) is 14.8. The maximum atomic E-state index is 13.2. The van der Waals surface area contributed by atoms with Gasteiger partial charge in [0.15, 0.2) is 0 Å². The number of hydrogen-bond donors (Lipinski definition) is 2. The summed E-state index contributed by atoms with van der Waals surface area (Å²) in [5.41, 5.74) is 2.99. The molecule has 3 aromatic rings. The van der Waals surface area contributed by atoms with Crippen molar-refractivity contribution >= 4 is 28.7 Å². The van der Waals surface area contributed by atoms with Gasteiger partial charge < -0.3 is 19.8 Å². The molecule has 33 heavy (non-hydrogen) atoms. The van der Waals surface area contributed by atoms with Crippen LogP contribution >= 0.6 is 0 Å². The molecule has 2 heterocycles. The zero-order chi connectivity index (χ0) is 23.4. The molecule has 0 unspecified atom stereocenters. The summed E-state index contributed by atoms with van der Waals surface area (Å²) in [5, 5.41) is 6.74. The van der Waals surface area contributed by atoms with E-state index in [9.17, 15) is 9.59 Å². The second-order valence-corrected chi connectivity index (χ2v) is 9.52. The van der Waals surface area contributed by atoms with Crippen LogP contribution in [-0.2, 0) is 28.8 Å². The number of benzene rings is 1. The van der Waals surface area contributed by atoms with Crippen molar-refractivity contribution in [2.75, 3.05) is 5.32 Å². The minimum atomic E-state index is -0.806. The van der Waals surface area contributed by atoms with Gasteiger partial charge in [0, 0.05) is 41.9 Å². The van der Waals surface area contributed by atoms with Gasteiger partial charge in [0.1, 0.15) is 23.0 Å². The third kappa shape index (κ3) is 5.92. The number of alkyl carbamates (subject to hydrolysis) is 1. The van der Waals surface area contributed by atoms with Crippen LogP contribution in [0, 0.1) is 0 Å². The van der Waals surface area contributed by atoms with Crippen molar-refractivity contribution in [3.8, 4) is 0 Å². The number of carbonyl (C=O) groups excluding carboxylic acids is 2. The first-order valence-corrected chi connectivity index (χ1v) is 11.5. The van der Waals surface area contributed by atoms with E-state index < -0.39 is 17.7 Å². The molecule has 7 heteroatoms. The van der Waals surface area contributed by atoms with E-state index in [-0.39, 0.29) is 5.91 Å². The third-order valence-electron chi connectivity index (χ3n) is 5.67. The van der Waals surface area contributed by atoms with Crippen molar-refractivity contribution in [2.24, 2.45) is 0 Å². The third-order valence-corrected chi connectivity index (χ3v) is 5.67. The topological polar surface area (TPSA) is 93.5 Å². The molecule has 0 saturated heterocycles. The zero-order valence-corrected chi connectivity index (χ0v) is 19.4. The number of hydrogen-bond acceptors (Lipinski definition) is 5. The molecule has 0 aliphatic heterocycles. The summed E-state index contributed by atoms with van der Waals surface area (Å²) < 4.78 is 11.4. The number of nitrogens with one attached hydrogen (secondary N) is 2. The van der Waals surface area contributed by atoms with Crippen LogP contribution in [0.4, 0.5) is 10.5 Å². The van der Waals surface area contributed by atoms with Crippen molar-refractivity contribution in [1.29, 1.82) is 0 Å². The lowest BCUT2D eigenvalue weighted by Gasteiger charge is -2.23. The first-order chi connectivity index (χ1) is 15.8. The monoisotopic (exact) mass is 449 g/mol. The Morgan fingerprint density at radius 2 is 1.85 bits per heavy atom. The van der Waals surface area contributed by atoms with Crippen LogP contribution in [0.1, 0.15) is 56.9 Å². The van der Waals surface area contributed by atoms with E-state index in [0.717, 1.165) is 48.0 Å². The fourth-order valence-electron chi connectivity index (χ4n) is 4.16. The number of nitrogens with zero attached hydrogens (tertiary/aromatic N) is 1. The second-order valence-electron chi connectivity index (χ2n) is 9.52. The molecule has 7 nitrogen and oxygen atoms in total. The van der Waals surface area contributed by atoms with Crippen LogP contribution in [0.15, 0.2) is 47.1 Å². The Kier molecular flexibility index (Phi) is 6.67. The van der Waals surface area contributed by atoms with E-state index in [0.29, 0.717) is 12.1 Å². The summed E-state index contributed by atoms with van der Waals surface area (Å²) in [6, 6.07) is 8.55. The zero-order valence-electron chi connectivity index (χ0n) is 19.4. The highest BCUT2D eigenvalue weighted by molar-refractivity contribution is 5.98. The Morgan fingerprint density at radius 3 is 2.61 bits per heavy atom. The Hall–Kier alpha value is -3.35. The largest absolute Gasteiger partial charge is 0.461 e. The number of pyridine rings is 1. The standard InChI is InChI=1S/C26H31N3O4/c1-26(2,3)33-25(31)29-21(15-17-11-13-27-14-12-17)24(30)28-18-9-10-23-20(16-18)19-7-5-4-6-8-22(19)32-23/h9-14,16,21H,4-8,15H2,1-3H3,(H,28,30)(H,29,31)/t21-/m0/s1. The van der Waals surface area contributed by atoms with Crippen LogP contribution < -0.4 is 10.6 Å². The van der Waals surface area contributed by atoms with E-state index in [1.54, 1.807) is 33.2 Å². The Morgan fingerprint density at radius 1 is 1.09 bits per heavy atom. The molecule has 2 N–H and O–H groups in total. The van der Waals surface area contributed by atoms with Crippen LogP contribution in [-0.4, -0.2) is 28.6 Å². The fourth-order valence-corrected chi connectivity index (χ4v) is 4.16. The molecule has 0 radical (unpaired) electrons. The number of fused-ring (bicyclic) bond motifs is 3. The van der Waals surface area contributed by atoms with E-state index >= 15 is 0 Å². The molecule has 4 rings (SSSR count). The van der Waals surface area contributed by atoms with Crippen LogP contribution in [0.3, 0.4) is 0 Å². The summed E-state index contributed by atoms with van der Waals surface area (Å²) in [5.74, 6) is 0.750. The first kappa shape index (κ1) is 22.8. The summed E-state index contributed by atoms with van der Waals surface area (Å²) >= 11 is 0. The Labute approximate surface area is 193 Å². The first-order valence-electron chi connectivity index (χ1n) is 11.5. The number of amides is 2. The molecule has 0 bridgehead atoms. The minimum Gasteiger partial charge on any atom is -0.461 e. The second kappa shape index (κ2) is 9.65. The lowest BCUT2D eigenvalue weighted by molar-refractivity contribution is -0.118. The summed E-state index contributed by atoms with van der Waals surface area (Å²) in [6.07, 6.45) is 8.45. The molecule has 1 atom stereocenters. The molecular formula is C26H31N3O4. The van der Waals surface area contributed by atoms with Gasteiger partial charge in [-0.3, -0.25) is 9.78 Å². The molecule has 1 aliphatic carbocycles. The molecule has 2 amide bonds. The van der Waals surface area contributed by atoms with Gasteiger partial charge in [-0.2, -0.15) is 0 Å². The lowest BCUT2D eigenvalue weighted by atomic mass is 10.0. The quantitative estimate of drug-likeness (QED) is 0.524. The highest BCUT2D eigenvalue weighted by Gasteiger charge is 2.25. The number of furan rings is 1. The highest BCUT2D eigenvalue weighted by atomic mass is 16.6. The van der Waals surface area contributed by atoms with Gasteiger partial charge in [-0.15, -0.1) is 0 Å². The maximum Gasteiger partial charge on any atom is 0.408 e. The number of aryl methyl sites for hydroxylation is 2. The maximum absolute atomic E-state index is 13.2. The van der Waals surface area contributed by atoms with Crippen LogP contribution in [0.5, 0.6) is 0 Å². The fraction of sp³-hybridized carbons (Fsp3) is 0.423. The van der Waals surface area contributed by atoms with E-state index in [1.165, 1.54) is 12.0 Å². The van der Waals surface area contributed by atoms with Gasteiger partial charge in [-0.1, -0.05) is 6.42 Å². The van der Waals surface area contributed by atoms with E-state index in [1.807, 2.05) is 30.3 Å². The number of aromatic nitrogens is 1. The summed E-state index contributed by atoms with van der Waals surface area (Å²) in [6.45, 7) is 5.36. The predicted molar refractivity (Wildman–Crippen MR) is 127 cm³/mol. The average Bonchev–Trinajstić information content (AvgIpc) is 2.93. The lowest BCUT2D eigenvalue weighted by Crippen LogP contribution is -2.47. The van der Waals surface area contributed by atoms with Crippen molar-refractivity contribution in [3.63, 3.8) is 0 Å². The number of ether oxygens (including phenoxy) is 1. The van der Waals surface area contributed by atoms with Gasteiger partial charge in [-0.05, 0) is 75.9 Å². The van der Waals surface area contributed by atoms with Gasteiger partial charge >= 0.3 is 6.09 Å². The minimum absolute atomic E-state index is 0.313. The van der Waals surface area contributed by atoms with Gasteiger partial charge in [-0.25, -0.2) is 4.79 Å². The number of carbonyl (C=O) groups is 2. The Bertz CT molecular complexity index is 1130. The molecule has 1 aliphatic rings. The molecule has 0 spiro atoms. The number of rotatable bonds is 5. The van der Waals surface area contributed by atoms with E-state index in [2.05, 4.69) is 15.6 Å². The van der Waals surface area contributed by atoms with Crippen molar-refractivity contribution in [1.82, 2.24) is 10.3 Å². The van der Waals surface area contributed by atoms with Crippen molar-refractivity contribution in [3.05, 3.63) is 59.6 Å². The van der Waals surface area contributed by atoms with Gasteiger partial charge in [0.2, 0.25) is 5.91 Å². The van der Waals surface area contributed by atoms with Gasteiger partial charge in [0.25, 0.3) is 0 Å². The molecule has 0 fully saturated rings. The number of anilines is 1. The van der Waals surface area contributed by atoms with Crippen molar-refractivity contribution < 1.29 is 18.7 Å². The molecule has 1 aromatic carbocycles. The van der Waals surface area contributed by atoms with Crippen LogP contribution in [0.25, 0.3) is 11.0 Å². The highest BCUT2D eigenvalue weighted by Crippen LogP contribution is 2.32. The van der Waals surface area contributed by atoms with Crippen LogP contribution in [0.2, 0.25) is 0 Å². The molecule has 174 valence electrons. The molecule has 2 aromatic heterocycles. The van der Waals surface area contributed by atoms with Crippen molar-refractivity contribution in [2.45, 2.75) is 70.9 Å². The van der Waals surface area contributed by atoms with E-state index in [4.69, 9.17) is 9.15 Å². The van der Waals surface area contributed by atoms with Gasteiger partial charge in [0.05, 0.1) is 0 Å². The summed E-state index contributed by atoms with van der Waals surface area (Å²) in [7, 11) is 0. The summed E-state index contributed by atoms with van der Waals surface area (Å²) in [4.78, 5) is 29.6. The SMILES string of the molecule is CC(C)(C)OC(=O)N[C@@H](Cc1ccncc1)C(=O)Nc1ccc2oc3c(c2c1)CCCCC3. The molecule has 0 saturated carbocycles. The molecular weight excluding hydrogens is 418 g/mol. The average molecular weight is 450 g/mol. The predicted octanol–water partition coefficient (Wildman–Crippen LogP) is 5.17. The Balaban J connectivity index is 1.54.